The highest BCUT2D eigenvalue weighted by Gasteiger charge is 2.20. The normalized spacial score (nSPS) is 11.5. The number of sulfone groups is 1. The van der Waals surface area contributed by atoms with Gasteiger partial charge in [-0.3, -0.25) is 14.8 Å². The molecule has 0 radical (unpaired) electrons. The van der Waals surface area contributed by atoms with E-state index in [1.54, 1.807) is 29.9 Å². The lowest BCUT2D eigenvalue weighted by Crippen LogP contribution is -2.16. The Bertz CT molecular complexity index is 1030. The number of aryl methyl sites for hydroxylation is 2. The Morgan fingerprint density at radius 2 is 1.96 bits per heavy atom. The summed E-state index contributed by atoms with van der Waals surface area (Å²) in [4.78, 5) is 12.3. The van der Waals surface area contributed by atoms with Crippen LogP contribution < -0.4 is 5.32 Å². The van der Waals surface area contributed by atoms with Gasteiger partial charge in [-0.2, -0.15) is 5.10 Å². The lowest BCUT2D eigenvalue weighted by molar-refractivity contribution is 0.102. The van der Waals surface area contributed by atoms with E-state index in [1.807, 2.05) is 6.92 Å². The number of amides is 1. The van der Waals surface area contributed by atoms with Crippen LogP contribution in [0.4, 0.5) is 6.01 Å². The molecule has 0 fully saturated rings. The summed E-state index contributed by atoms with van der Waals surface area (Å²) in [5.41, 5.74) is 1.38. The lowest BCUT2D eigenvalue weighted by Gasteiger charge is -2.06. The fraction of sp³-hybridized carbons (Fsp3) is 0.200. The summed E-state index contributed by atoms with van der Waals surface area (Å²) in [7, 11) is -1.77. The number of carbonyl (C=O) groups excluding carboxylic acids is 1. The van der Waals surface area contributed by atoms with Crippen LogP contribution in [0.1, 0.15) is 16.1 Å². The number of nitrogens with one attached hydrogen (secondary N) is 1. The molecule has 1 aromatic carbocycles. The minimum absolute atomic E-state index is 0.00145. The molecule has 3 rings (SSSR count). The molecule has 0 aliphatic carbocycles. The van der Waals surface area contributed by atoms with Gasteiger partial charge in [0.2, 0.25) is 0 Å². The maximum atomic E-state index is 12.4. The van der Waals surface area contributed by atoms with Crippen LogP contribution in [0.3, 0.4) is 0 Å². The zero-order valence-electron chi connectivity index (χ0n) is 13.7. The second-order valence-corrected chi connectivity index (χ2v) is 7.41. The van der Waals surface area contributed by atoms with E-state index < -0.39 is 15.7 Å². The topological polar surface area (TPSA) is 120 Å². The second-order valence-electron chi connectivity index (χ2n) is 5.43. The molecular weight excluding hydrogens is 346 g/mol. The van der Waals surface area contributed by atoms with Crippen molar-refractivity contribution >= 4 is 21.8 Å². The van der Waals surface area contributed by atoms with Gasteiger partial charge in [0.25, 0.3) is 11.8 Å². The number of carbonyl (C=O) groups is 1. The van der Waals surface area contributed by atoms with Crippen molar-refractivity contribution in [1.29, 1.82) is 0 Å². The molecule has 9 nitrogen and oxygen atoms in total. The number of hydrogen-bond acceptors (Lipinski definition) is 7. The molecule has 2 heterocycles. The van der Waals surface area contributed by atoms with Crippen molar-refractivity contribution in [2.24, 2.45) is 7.05 Å². The maximum Gasteiger partial charge on any atom is 0.322 e. The van der Waals surface area contributed by atoms with Gasteiger partial charge < -0.3 is 4.42 Å². The molecule has 2 aromatic heterocycles. The summed E-state index contributed by atoms with van der Waals surface area (Å²) in [6.45, 7) is 1.87. The average Bonchev–Trinajstić information content (AvgIpc) is 3.14. The third-order valence-corrected chi connectivity index (χ3v) is 4.66. The fourth-order valence-corrected chi connectivity index (χ4v) is 3.07. The number of benzene rings is 1. The minimum atomic E-state index is -3.55. The summed E-state index contributed by atoms with van der Waals surface area (Å²) < 4.78 is 30.6. The summed E-state index contributed by atoms with van der Waals surface area (Å²) >= 11 is 0. The maximum absolute atomic E-state index is 12.4. The highest BCUT2D eigenvalue weighted by molar-refractivity contribution is 7.90. The Labute approximate surface area is 143 Å². The van der Waals surface area contributed by atoms with Gasteiger partial charge in [0, 0.05) is 19.0 Å². The number of anilines is 1. The molecule has 25 heavy (non-hydrogen) atoms. The fourth-order valence-electron chi connectivity index (χ4n) is 2.18. The molecule has 0 unspecified atom stereocenters. The highest BCUT2D eigenvalue weighted by Crippen LogP contribution is 2.21. The molecule has 0 aliphatic heterocycles. The van der Waals surface area contributed by atoms with Crippen LogP contribution in [-0.4, -0.2) is 40.6 Å². The molecule has 0 atom stereocenters. The minimum Gasteiger partial charge on any atom is -0.401 e. The van der Waals surface area contributed by atoms with Gasteiger partial charge in [-0.25, -0.2) is 8.42 Å². The summed E-state index contributed by atoms with van der Waals surface area (Å²) in [6, 6.07) is 7.50. The first-order valence-corrected chi connectivity index (χ1v) is 9.10. The van der Waals surface area contributed by atoms with E-state index in [0.29, 0.717) is 5.69 Å². The average molecular weight is 361 g/mol. The van der Waals surface area contributed by atoms with E-state index in [2.05, 4.69) is 20.6 Å². The number of aromatic nitrogens is 4. The van der Waals surface area contributed by atoms with Crippen molar-refractivity contribution in [2.45, 2.75) is 11.8 Å². The smallest absolute Gasteiger partial charge is 0.322 e. The van der Waals surface area contributed by atoms with Gasteiger partial charge in [0.1, 0.15) is 5.69 Å². The molecule has 0 bridgehead atoms. The summed E-state index contributed by atoms with van der Waals surface area (Å²) in [5.74, 6) is -0.510. The van der Waals surface area contributed by atoms with Crippen molar-refractivity contribution in [1.82, 2.24) is 20.0 Å². The predicted molar refractivity (Wildman–Crippen MR) is 88.7 cm³/mol. The number of hydrogen-bond donors (Lipinski definition) is 1. The molecule has 130 valence electrons. The van der Waals surface area contributed by atoms with Crippen molar-refractivity contribution in [3.05, 3.63) is 41.6 Å². The van der Waals surface area contributed by atoms with Crippen LogP contribution in [0.25, 0.3) is 11.6 Å². The third-order valence-electron chi connectivity index (χ3n) is 3.51. The van der Waals surface area contributed by atoms with Crippen molar-refractivity contribution < 1.29 is 17.6 Å². The Morgan fingerprint density at radius 1 is 1.24 bits per heavy atom. The first-order valence-electron chi connectivity index (χ1n) is 7.20. The molecular formula is C15H15N5O4S. The molecule has 1 amide bonds. The molecule has 0 saturated heterocycles. The van der Waals surface area contributed by atoms with Gasteiger partial charge in [-0.15, -0.1) is 5.10 Å². The van der Waals surface area contributed by atoms with Gasteiger partial charge in [0.05, 0.1) is 10.5 Å². The van der Waals surface area contributed by atoms with Crippen LogP contribution >= 0.6 is 0 Å². The Kier molecular flexibility index (Phi) is 4.13. The number of nitrogens with zero attached hydrogens (tertiary/aromatic N) is 4. The highest BCUT2D eigenvalue weighted by atomic mass is 32.2. The van der Waals surface area contributed by atoms with Gasteiger partial charge in [-0.1, -0.05) is 17.2 Å². The number of rotatable bonds is 4. The van der Waals surface area contributed by atoms with Crippen LogP contribution in [-0.2, 0) is 16.9 Å². The standard InChI is InChI=1S/C15H15N5O4S/c1-9-8-11(19-20(9)2)14-17-18-15(24-14)16-13(21)10-6-4-5-7-12(10)25(3,22)23/h4-8H,1-3H3,(H,16,18,21). The first kappa shape index (κ1) is 16.8. The van der Waals surface area contributed by atoms with Gasteiger partial charge in [0.15, 0.2) is 9.84 Å². The van der Waals surface area contributed by atoms with Crippen molar-refractivity contribution in [3.8, 4) is 11.6 Å². The van der Waals surface area contributed by atoms with Crippen LogP contribution in [0.2, 0.25) is 0 Å². The van der Waals surface area contributed by atoms with Crippen LogP contribution in [0, 0.1) is 6.92 Å². The quantitative estimate of drug-likeness (QED) is 0.746. The largest absolute Gasteiger partial charge is 0.401 e. The molecule has 0 aliphatic rings. The third kappa shape index (κ3) is 3.43. The molecule has 10 heteroatoms. The van der Waals surface area contributed by atoms with Gasteiger partial charge in [-0.05, 0) is 25.1 Å². The van der Waals surface area contributed by atoms with Crippen LogP contribution in [0.5, 0.6) is 0 Å². The molecule has 0 saturated carbocycles. The molecule has 3 aromatic rings. The lowest BCUT2D eigenvalue weighted by atomic mass is 10.2. The zero-order valence-corrected chi connectivity index (χ0v) is 14.5. The SMILES string of the molecule is Cc1cc(-c2nnc(NC(=O)c3ccccc3S(C)(=O)=O)o2)nn1C. The van der Waals surface area contributed by atoms with E-state index in [1.165, 1.54) is 12.1 Å². The monoisotopic (exact) mass is 361 g/mol. The Balaban J connectivity index is 1.86. The zero-order chi connectivity index (χ0) is 18.2. The van der Waals surface area contributed by atoms with E-state index in [0.717, 1.165) is 11.9 Å². The molecule has 0 spiro atoms. The first-order chi connectivity index (χ1) is 11.8. The Hall–Kier alpha value is -3.01. The summed E-state index contributed by atoms with van der Waals surface area (Å²) in [5, 5.41) is 14.2. The van der Waals surface area contributed by atoms with Crippen molar-refractivity contribution in [3.63, 3.8) is 0 Å². The van der Waals surface area contributed by atoms with E-state index in [-0.39, 0.29) is 22.4 Å². The van der Waals surface area contributed by atoms with E-state index >= 15 is 0 Å². The second kappa shape index (κ2) is 6.13. The Morgan fingerprint density at radius 3 is 2.60 bits per heavy atom. The van der Waals surface area contributed by atoms with Crippen molar-refractivity contribution in [2.75, 3.05) is 11.6 Å². The summed E-state index contributed by atoms with van der Waals surface area (Å²) in [6.07, 6.45) is 1.04. The van der Waals surface area contributed by atoms with Crippen LogP contribution in [0.15, 0.2) is 39.6 Å². The van der Waals surface area contributed by atoms with E-state index in [9.17, 15) is 13.2 Å². The van der Waals surface area contributed by atoms with E-state index in [4.69, 9.17) is 4.42 Å². The van der Waals surface area contributed by atoms with Gasteiger partial charge >= 0.3 is 6.01 Å². The predicted octanol–water partition coefficient (Wildman–Crippen LogP) is 1.43. The molecule has 1 N–H and O–H groups in total.